The summed E-state index contributed by atoms with van der Waals surface area (Å²) >= 11 is 0. The first-order chi connectivity index (χ1) is 13.8. The van der Waals surface area contributed by atoms with Gasteiger partial charge in [-0.05, 0) is 43.2 Å². The zero-order valence-corrected chi connectivity index (χ0v) is 17.6. The highest BCUT2D eigenvalue weighted by Gasteiger charge is 2.32. The minimum absolute atomic E-state index is 0.217. The van der Waals surface area contributed by atoms with Crippen LogP contribution in [0.2, 0.25) is 0 Å². The second-order valence-electron chi connectivity index (χ2n) is 7.06. The first-order valence-corrected chi connectivity index (χ1v) is 11.4. The Morgan fingerprint density at radius 3 is 2.59 bits per heavy atom. The molecule has 156 valence electrons. The summed E-state index contributed by atoms with van der Waals surface area (Å²) in [5, 5.41) is 2.82. The Morgan fingerprint density at radius 2 is 1.93 bits per heavy atom. The number of amides is 1. The van der Waals surface area contributed by atoms with Crippen LogP contribution in [0.1, 0.15) is 18.9 Å². The summed E-state index contributed by atoms with van der Waals surface area (Å²) < 4.78 is 37.7. The van der Waals surface area contributed by atoms with Gasteiger partial charge in [0.2, 0.25) is 15.9 Å². The van der Waals surface area contributed by atoms with Crippen molar-refractivity contribution < 1.29 is 22.7 Å². The van der Waals surface area contributed by atoms with Crippen LogP contribution in [-0.2, 0) is 14.8 Å². The molecule has 29 heavy (non-hydrogen) atoms. The second-order valence-corrected chi connectivity index (χ2v) is 8.92. The minimum atomic E-state index is -3.66. The largest absolute Gasteiger partial charge is 0.486 e. The van der Waals surface area contributed by atoms with Crippen molar-refractivity contribution in [3.8, 4) is 11.5 Å². The van der Waals surface area contributed by atoms with Gasteiger partial charge in [0.25, 0.3) is 0 Å². The van der Waals surface area contributed by atoms with Crippen molar-refractivity contribution in [2.45, 2.75) is 32.4 Å². The number of nitrogens with one attached hydrogen (secondary N) is 1. The van der Waals surface area contributed by atoms with Crippen molar-refractivity contribution in [3.05, 3.63) is 54.1 Å². The van der Waals surface area contributed by atoms with E-state index in [1.165, 1.54) is 4.31 Å². The van der Waals surface area contributed by atoms with E-state index in [1.54, 1.807) is 31.2 Å². The van der Waals surface area contributed by atoms with Gasteiger partial charge in [-0.1, -0.05) is 31.2 Å². The van der Waals surface area contributed by atoms with Crippen molar-refractivity contribution >= 4 is 21.6 Å². The van der Waals surface area contributed by atoms with Crippen molar-refractivity contribution in [2.24, 2.45) is 0 Å². The molecule has 0 radical (unpaired) electrons. The van der Waals surface area contributed by atoms with E-state index in [9.17, 15) is 13.2 Å². The molecule has 0 unspecified atom stereocenters. The van der Waals surface area contributed by atoms with Gasteiger partial charge < -0.3 is 14.8 Å². The van der Waals surface area contributed by atoms with Crippen molar-refractivity contribution in [1.29, 1.82) is 0 Å². The standard InChI is InChI=1S/C21H26N2O5S/c1-4-18(23(29(3,25)26)16-9-7-8-15(2)12-16)21(24)22-13-17-14-27-19-10-5-6-11-20(19)28-17/h5-12,17-18H,4,13-14H2,1-3H3,(H,22,24)/t17-,18-/m0/s1. The highest BCUT2D eigenvalue weighted by Crippen LogP contribution is 2.30. The van der Waals surface area contributed by atoms with Crippen LogP contribution in [0.3, 0.4) is 0 Å². The Bertz CT molecular complexity index is 977. The molecule has 7 nitrogen and oxygen atoms in total. The fourth-order valence-corrected chi connectivity index (χ4v) is 4.52. The molecule has 0 bridgehead atoms. The molecular weight excluding hydrogens is 392 g/mol. The molecule has 2 atom stereocenters. The minimum Gasteiger partial charge on any atom is -0.486 e. The van der Waals surface area contributed by atoms with Gasteiger partial charge in [-0.15, -0.1) is 0 Å². The first-order valence-electron chi connectivity index (χ1n) is 9.52. The Hall–Kier alpha value is -2.74. The molecule has 0 aliphatic carbocycles. The number of carbonyl (C=O) groups excluding carboxylic acids is 1. The fourth-order valence-electron chi connectivity index (χ4n) is 3.32. The third-order valence-electron chi connectivity index (χ3n) is 4.66. The third-order valence-corrected chi connectivity index (χ3v) is 5.84. The lowest BCUT2D eigenvalue weighted by atomic mass is 10.1. The lowest BCUT2D eigenvalue weighted by molar-refractivity contribution is -0.122. The number of rotatable bonds is 7. The predicted molar refractivity (Wildman–Crippen MR) is 112 cm³/mol. The van der Waals surface area contributed by atoms with Gasteiger partial charge in [0.15, 0.2) is 11.5 Å². The number of anilines is 1. The monoisotopic (exact) mass is 418 g/mol. The molecule has 1 aliphatic rings. The highest BCUT2D eigenvalue weighted by molar-refractivity contribution is 7.92. The van der Waals surface area contributed by atoms with Crippen molar-refractivity contribution in [3.63, 3.8) is 0 Å². The molecule has 0 spiro atoms. The van der Waals surface area contributed by atoms with Crippen LogP contribution in [0.4, 0.5) is 5.69 Å². The van der Waals surface area contributed by atoms with E-state index >= 15 is 0 Å². The number of nitrogens with zero attached hydrogens (tertiary/aromatic N) is 1. The molecule has 1 N–H and O–H groups in total. The molecule has 0 saturated heterocycles. The number of sulfonamides is 1. The summed E-state index contributed by atoms with van der Waals surface area (Å²) in [6.45, 7) is 4.19. The maximum absolute atomic E-state index is 12.9. The predicted octanol–water partition coefficient (Wildman–Crippen LogP) is 2.50. The van der Waals surface area contributed by atoms with E-state index in [0.29, 0.717) is 30.2 Å². The number of aryl methyl sites for hydroxylation is 1. The average molecular weight is 419 g/mol. The van der Waals surface area contributed by atoms with Gasteiger partial charge in [0.05, 0.1) is 18.5 Å². The second kappa shape index (κ2) is 8.73. The molecule has 1 amide bonds. The summed E-state index contributed by atoms with van der Waals surface area (Å²) in [5.74, 6) is 0.925. The number of fused-ring (bicyclic) bond motifs is 1. The van der Waals surface area contributed by atoms with E-state index in [1.807, 2.05) is 31.2 Å². The number of hydrogen-bond donors (Lipinski definition) is 1. The molecule has 0 aromatic heterocycles. The lowest BCUT2D eigenvalue weighted by Gasteiger charge is -2.31. The number of ether oxygens (including phenoxy) is 2. The topological polar surface area (TPSA) is 84.9 Å². The van der Waals surface area contributed by atoms with E-state index in [4.69, 9.17) is 9.47 Å². The van der Waals surface area contributed by atoms with E-state index in [2.05, 4.69) is 5.32 Å². The van der Waals surface area contributed by atoms with Gasteiger partial charge >= 0.3 is 0 Å². The van der Waals surface area contributed by atoms with Gasteiger partial charge in [0.1, 0.15) is 18.8 Å². The van der Waals surface area contributed by atoms with E-state index in [0.717, 1.165) is 11.8 Å². The van der Waals surface area contributed by atoms with Crippen LogP contribution in [-0.4, -0.2) is 45.9 Å². The molecule has 8 heteroatoms. The summed E-state index contributed by atoms with van der Waals surface area (Å²) in [7, 11) is -3.66. The molecule has 0 fully saturated rings. The zero-order valence-electron chi connectivity index (χ0n) is 16.8. The average Bonchev–Trinajstić information content (AvgIpc) is 2.69. The Labute approximate surface area is 171 Å². The molecular formula is C21H26N2O5S. The number of benzene rings is 2. The smallest absolute Gasteiger partial charge is 0.244 e. The molecule has 3 rings (SSSR count). The maximum atomic E-state index is 12.9. The molecule has 2 aromatic carbocycles. The van der Waals surface area contributed by atoms with E-state index < -0.39 is 16.1 Å². The summed E-state index contributed by atoms with van der Waals surface area (Å²) in [6, 6.07) is 13.6. The molecule has 2 aromatic rings. The van der Waals surface area contributed by atoms with Crippen molar-refractivity contribution in [2.75, 3.05) is 23.7 Å². The number of hydrogen-bond acceptors (Lipinski definition) is 5. The Morgan fingerprint density at radius 1 is 1.21 bits per heavy atom. The highest BCUT2D eigenvalue weighted by atomic mass is 32.2. The van der Waals surface area contributed by atoms with Crippen molar-refractivity contribution in [1.82, 2.24) is 5.32 Å². The zero-order chi connectivity index (χ0) is 21.0. The fraction of sp³-hybridized carbons (Fsp3) is 0.381. The number of para-hydroxylation sites is 2. The summed E-state index contributed by atoms with van der Waals surface area (Å²) in [5.41, 5.74) is 1.39. The molecule has 1 aliphatic heterocycles. The lowest BCUT2D eigenvalue weighted by Crippen LogP contribution is -2.51. The van der Waals surface area contributed by atoms with Crippen LogP contribution in [0.15, 0.2) is 48.5 Å². The van der Waals surface area contributed by atoms with Gasteiger partial charge in [0, 0.05) is 0 Å². The van der Waals surface area contributed by atoms with Crippen LogP contribution in [0, 0.1) is 6.92 Å². The SMILES string of the molecule is CC[C@@H](C(=O)NC[C@H]1COc2ccccc2O1)N(c1cccc(C)c1)S(C)(=O)=O. The molecule has 0 saturated carbocycles. The maximum Gasteiger partial charge on any atom is 0.244 e. The Kier molecular flexibility index (Phi) is 6.32. The normalized spacial score (nSPS) is 16.7. The van der Waals surface area contributed by atoms with Gasteiger partial charge in [-0.3, -0.25) is 9.10 Å². The number of carbonyl (C=O) groups is 1. The quantitative estimate of drug-likeness (QED) is 0.747. The Balaban J connectivity index is 1.72. The van der Waals surface area contributed by atoms with E-state index in [-0.39, 0.29) is 18.6 Å². The first kappa shape index (κ1) is 21.0. The summed E-state index contributed by atoms with van der Waals surface area (Å²) in [4.78, 5) is 12.9. The van der Waals surface area contributed by atoms with Crippen LogP contribution in [0.5, 0.6) is 11.5 Å². The van der Waals surface area contributed by atoms with Crippen LogP contribution >= 0.6 is 0 Å². The van der Waals surface area contributed by atoms with Crippen LogP contribution < -0.4 is 19.1 Å². The summed E-state index contributed by atoms with van der Waals surface area (Å²) in [6.07, 6.45) is 1.09. The third kappa shape index (κ3) is 5.00. The molecule has 1 heterocycles. The van der Waals surface area contributed by atoms with Crippen LogP contribution in [0.25, 0.3) is 0 Å². The van der Waals surface area contributed by atoms with Gasteiger partial charge in [-0.2, -0.15) is 0 Å². The van der Waals surface area contributed by atoms with Gasteiger partial charge in [-0.25, -0.2) is 8.42 Å².